The summed E-state index contributed by atoms with van der Waals surface area (Å²) in [5.41, 5.74) is 2.70. The Morgan fingerprint density at radius 1 is 1.10 bits per heavy atom. The van der Waals surface area contributed by atoms with Crippen molar-refractivity contribution in [3.63, 3.8) is 0 Å². The van der Waals surface area contributed by atoms with Crippen molar-refractivity contribution in [3.8, 4) is 5.75 Å². The number of benzene rings is 2. The highest BCUT2D eigenvalue weighted by atomic mass is 35.5. The predicted octanol–water partition coefficient (Wildman–Crippen LogP) is 5.64. The van der Waals surface area contributed by atoms with Crippen molar-refractivity contribution in [1.82, 2.24) is 9.47 Å². The van der Waals surface area contributed by atoms with Gasteiger partial charge in [-0.25, -0.2) is 0 Å². The van der Waals surface area contributed by atoms with Crippen LogP contribution in [-0.2, 0) is 13.1 Å². The Morgan fingerprint density at radius 3 is 2.55 bits per heavy atom. The number of aromatic nitrogens is 1. The molecule has 1 atom stereocenters. The predicted molar refractivity (Wildman–Crippen MR) is 118 cm³/mol. The van der Waals surface area contributed by atoms with Crippen molar-refractivity contribution in [3.05, 3.63) is 88.7 Å². The van der Waals surface area contributed by atoms with Gasteiger partial charge < -0.3 is 14.2 Å². The number of rotatable bonds is 8. The first-order chi connectivity index (χ1) is 14.0. The molecule has 1 aromatic heterocycles. The molecular formula is C24H27ClN2O2. The SMILES string of the molecule is CCC(C)N(Cc1cccn1Cc1ccccc1Cl)C(=O)c1ccccc1OC. The number of amides is 1. The van der Waals surface area contributed by atoms with E-state index in [0.29, 0.717) is 24.4 Å². The molecule has 0 aliphatic rings. The second-order valence-electron chi connectivity index (χ2n) is 7.11. The fourth-order valence-corrected chi connectivity index (χ4v) is 3.55. The maximum absolute atomic E-state index is 13.4. The van der Waals surface area contributed by atoms with Gasteiger partial charge in [0.2, 0.25) is 0 Å². The normalized spacial score (nSPS) is 11.9. The lowest BCUT2D eigenvalue weighted by molar-refractivity contribution is 0.0663. The molecule has 152 valence electrons. The Morgan fingerprint density at radius 2 is 1.83 bits per heavy atom. The van der Waals surface area contributed by atoms with Gasteiger partial charge in [0.15, 0.2) is 0 Å². The van der Waals surface area contributed by atoms with Crippen LogP contribution in [0.15, 0.2) is 66.9 Å². The molecule has 0 radical (unpaired) electrons. The Balaban J connectivity index is 1.88. The van der Waals surface area contributed by atoms with E-state index in [9.17, 15) is 4.79 Å². The Labute approximate surface area is 177 Å². The molecule has 0 fully saturated rings. The maximum Gasteiger partial charge on any atom is 0.258 e. The Kier molecular flexibility index (Phi) is 6.99. The molecular weight excluding hydrogens is 384 g/mol. The summed E-state index contributed by atoms with van der Waals surface area (Å²) in [5, 5.41) is 0.746. The maximum atomic E-state index is 13.4. The topological polar surface area (TPSA) is 34.5 Å². The van der Waals surface area contributed by atoms with Crippen LogP contribution in [0.5, 0.6) is 5.75 Å². The zero-order valence-corrected chi connectivity index (χ0v) is 17.9. The molecule has 3 aromatic rings. The molecule has 1 amide bonds. The van der Waals surface area contributed by atoms with Crippen LogP contribution in [0.1, 0.15) is 41.9 Å². The van der Waals surface area contributed by atoms with E-state index >= 15 is 0 Å². The highest BCUT2D eigenvalue weighted by molar-refractivity contribution is 6.31. The van der Waals surface area contributed by atoms with Gasteiger partial charge in [0, 0.05) is 29.5 Å². The minimum Gasteiger partial charge on any atom is -0.496 e. The number of methoxy groups -OCH3 is 1. The van der Waals surface area contributed by atoms with Crippen molar-refractivity contribution in [1.29, 1.82) is 0 Å². The van der Waals surface area contributed by atoms with Crippen LogP contribution < -0.4 is 4.74 Å². The second-order valence-corrected chi connectivity index (χ2v) is 7.52. The van der Waals surface area contributed by atoms with Gasteiger partial charge in [-0.3, -0.25) is 4.79 Å². The van der Waals surface area contributed by atoms with E-state index in [0.717, 1.165) is 22.7 Å². The summed E-state index contributed by atoms with van der Waals surface area (Å²) in [6, 6.07) is 19.4. The first-order valence-electron chi connectivity index (χ1n) is 9.86. The van der Waals surface area contributed by atoms with Gasteiger partial charge in [0.25, 0.3) is 5.91 Å². The molecule has 1 heterocycles. The first-order valence-corrected chi connectivity index (χ1v) is 10.2. The van der Waals surface area contributed by atoms with Crippen molar-refractivity contribution in [2.75, 3.05) is 7.11 Å². The molecule has 0 bridgehead atoms. The molecule has 1 unspecified atom stereocenters. The number of carbonyl (C=O) groups excluding carboxylic acids is 1. The third-order valence-electron chi connectivity index (χ3n) is 5.28. The lowest BCUT2D eigenvalue weighted by Crippen LogP contribution is -2.38. The molecule has 0 aliphatic carbocycles. The van der Waals surface area contributed by atoms with Crippen LogP contribution in [0, 0.1) is 0 Å². The van der Waals surface area contributed by atoms with Crippen LogP contribution >= 0.6 is 11.6 Å². The second kappa shape index (κ2) is 9.66. The fraction of sp³-hybridized carbons (Fsp3) is 0.292. The Hall–Kier alpha value is -2.72. The van der Waals surface area contributed by atoms with E-state index in [1.807, 2.05) is 65.7 Å². The summed E-state index contributed by atoms with van der Waals surface area (Å²) in [4.78, 5) is 15.3. The average molecular weight is 411 g/mol. The van der Waals surface area contributed by atoms with Gasteiger partial charge in [-0.05, 0) is 49.2 Å². The van der Waals surface area contributed by atoms with Gasteiger partial charge in [0.1, 0.15) is 5.75 Å². The first kappa shape index (κ1) is 21.0. The number of hydrogen-bond acceptors (Lipinski definition) is 2. The standard InChI is InChI=1S/C24H27ClN2O2/c1-4-18(2)27(24(28)21-12-6-8-14-23(21)29-3)17-20-11-9-15-26(20)16-19-10-5-7-13-22(19)25/h5-15,18H,4,16-17H2,1-3H3. The lowest BCUT2D eigenvalue weighted by atomic mass is 10.1. The van der Waals surface area contributed by atoms with Crippen LogP contribution in [0.25, 0.3) is 0 Å². The zero-order chi connectivity index (χ0) is 20.8. The zero-order valence-electron chi connectivity index (χ0n) is 17.1. The van der Waals surface area contributed by atoms with E-state index < -0.39 is 0 Å². The molecule has 0 saturated heterocycles. The highest BCUT2D eigenvalue weighted by Crippen LogP contribution is 2.24. The quantitative estimate of drug-likeness (QED) is 0.481. The number of hydrogen-bond donors (Lipinski definition) is 0. The van der Waals surface area contributed by atoms with E-state index in [1.165, 1.54) is 0 Å². The summed E-state index contributed by atoms with van der Waals surface area (Å²) >= 11 is 6.34. The van der Waals surface area contributed by atoms with Crippen LogP contribution in [0.2, 0.25) is 5.02 Å². The molecule has 3 rings (SSSR count). The summed E-state index contributed by atoms with van der Waals surface area (Å²) in [5.74, 6) is 0.569. The molecule has 0 N–H and O–H groups in total. The Bertz CT molecular complexity index is 967. The van der Waals surface area contributed by atoms with Crippen molar-refractivity contribution < 1.29 is 9.53 Å². The van der Waals surface area contributed by atoms with Crippen molar-refractivity contribution in [2.24, 2.45) is 0 Å². The number of para-hydroxylation sites is 1. The number of carbonyl (C=O) groups is 1. The van der Waals surface area contributed by atoms with Crippen molar-refractivity contribution in [2.45, 2.75) is 39.4 Å². The van der Waals surface area contributed by atoms with E-state index in [2.05, 4.69) is 24.5 Å². The van der Waals surface area contributed by atoms with E-state index in [4.69, 9.17) is 16.3 Å². The third kappa shape index (κ3) is 4.83. The van der Waals surface area contributed by atoms with Crippen LogP contribution in [0.3, 0.4) is 0 Å². The third-order valence-corrected chi connectivity index (χ3v) is 5.64. The van der Waals surface area contributed by atoms with Gasteiger partial charge in [0.05, 0.1) is 19.2 Å². The van der Waals surface area contributed by atoms with E-state index in [1.54, 1.807) is 7.11 Å². The summed E-state index contributed by atoms with van der Waals surface area (Å²) in [7, 11) is 1.59. The van der Waals surface area contributed by atoms with Crippen molar-refractivity contribution >= 4 is 17.5 Å². The summed E-state index contributed by atoms with van der Waals surface area (Å²) in [6.07, 6.45) is 2.90. The van der Waals surface area contributed by atoms with Crippen LogP contribution in [0.4, 0.5) is 0 Å². The molecule has 4 nitrogen and oxygen atoms in total. The number of ether oxygens (including phenoxy) is 1. The highest BCUT2D eigenvalue weighted by Gasteiger charge is 2.24. The largest absolute Gasteiger partial charge is 0.496 e. The minimum atomic E-state index is -0.0257. The smallest absolute Gasteiger partial charge is 0.258 e. The minimum absolute atomic E-state index is 0.0257. The summed E-state index contributed by atoms with van der Waals surface area (Å²) < 4.78 is 7.56. The van der Waals surface area contributed by atoms with E-state index in [-0.39, 0.29) is 11.9 Å². The van der Waals surface area contributed by atoms with Gasteiger partial charge in [-0.1, -0.05) is 48.9 Å². The van der Waals surface area contributed by atoms with Crippen LogP contribution in [-0.4, -0.2) is 28.5 Å². The van der Waals surface area contributed by atoms with Gasteiger partial charge in [-0.2, -0.15) is 0 Å². The molecule has 29 heavy (non-hydrogen) atoms. The monoisotopic (exact) mass is 410 g/mol. The molecule has 0 spiro atoms. The molecule has 0 aliphatic heterocycles. The summed E-state index contributed by atoms with van der Waals surface area (Å²) in [6.45, 7) is 5.35. The molecule has 2 aromatic carbocycles. The molecule has 0 saturated carbocycles. The number of nitrogens with zero attached hydrogens (tertiary/aromatic N) is 2. The van der Waals surface area contributed by atoms with Gasteiger partial charge in [-0.15, -0.1) is 0 Å². The average Bonchev–Trinajstić information content (AvgIpc) is 3.19. The fourth-order valence-electron chi connectivity index (χ4n) is 3.36. The molecule has 5 heteroatoms. The van der Waals surface area contributed by atoms with Gasteiger partial charge >= 0.3 is 0 Å². The number of halogens is 1. The lowest BCUT2D eigenvalue weighted by Gasteiger charge is -2.30.